The number of phenols is 1. The van der Waals surface area contributed by atoms with Crippen molar-refractivity contribution in [1.82, 2.24) is 4.90 Å². The first kappa shape index (κ1) is 12.8. The number of aromatic hydroxyl groups is 1. The van der Waals surface area contributed by atoms with Crippen LogP contribution in [-0.2, 0) is 4.79 Å². The van der Waals surface area contributed by atoms with Gasteiger partial charge in [-0.2, -0.15) is 0 Å². The molecule has 18 heavy (non-hydrogen) atoms. The van der Waals surface area contributed by atoms with Gasteiger partial charge in [-0.3, -0.25) is 4.79 Å². The minimum Gasteiger partial charge on any atom is -0.508 e. The number of carbonyl (C=O) groups excluding carboxylic acids is 1. The summed E-state index contributed by atoms with van der Waals surface area (Å²) in [6.07, 6.45) is 3.26. The molecule has 0 fully saturated rings. The summed E-state index contributed by atoms with van der Waals surface area (Å²) < 4.78 is 0. The SMILES string of the molecule is CN(C)CC1CCC(=O)C=C1c1cccc(O)c1. The zero-order valence-corrected chi connectivity index (χ0v) is 10.9. The molecule has 1 unspecified atom stereocenters. The first-order chi connectivity index (χ1) is 8.56. The quantitative estimate of drug-likeness (QED) is 0.888. The molecule has 1 aliphatic carbocycles. The molecule has 1 atom stereocenters. The van der Waals surface area contributed by atoms with Crippen LogP contribution in [0.4, 0.5) is 0 Å². The van der Waals surface area contributed by atoms with Crippen LogP contribution in [0.2, 0.25) is 0 Å². The molecule has 1 aliphatic rings. The first-order valence-electron chi connectivity index (χ1n) is 6.25. The molecule has 1 aromatic carbocycles. The van der Waals surface area contributed by atoms with E-state index in [0.717, 1.165) is 24.1 Å². The fourth-order valence-electron chi connectivity index (χ4n) is 2.47. The fourth-order valence-corrected chi connectivity index (χ4v) is 2.47. The van der Waals surface area contributed by atoms with Crippen LogP contribution in [0.25, 0.3) is 5.57 Å². The van der Waals surface area contributed by atoms with E-state index in [9.17, 15) is 9.90 Å². The lowest BCUT2D eigenvalue weighted by Gasteiger charge is -2.26. The summed E-state index contributed by atoms with van der Waals surface area (Å²) in [4.78, 5) is 13.7. The van der Waals surface area contributed by atoms with Gasteiger partial charge in [-0.25, -0.2) is 0 Å². The van der Waals surface area contributed by atoms with E-state index < -0.39 is 0 Å². The smallest absolute Gasteiger partial charge is 0.156 e. The van der Waals surface area contributed by atoms with Gasteiger partial charge in [0.05, 0.1) is 0 Å². The molecular formula is C15H19NO2. The molecule has 0 heterocycles. The molecule has 0 aromatic heterocycles. The molecule has 1 N–H and O–H groups in total. The van der Waals surface area contributed by atoms with Gasteiger partial charge in [-0.05, 0) is 55.8 Å². The van der Waals surface area contributed by atoms with Crippen molar-refractivity contribution in [3.63, 3.8) is 0 Å². The summed E-state index contributed by atoms with van der Waals surface area (Å²) in [5.74, 6) is 0.790. The summed E-state index contributed by atoms with van der Waals surface area (Å²) in [7, 11) is 4.08. The second kappa shape index (κ2) is 5.36. The number of rotatable bonds is 3. The summed E-state index contributed by atoms with van der Waals surface area (Å²) in [5, 5.41) is 9.56. The number of benzene rings is 1. The highest BCUT2D eigenvalue weighted by molar-refractivity contribution is 5.99. The van der Waals surface area contributed by atoms with E-state index >= 15 is 0 Å². The minimum atomic E-state index is 0.184. The largest absolute Gasteiger partial charge is 0.508 e. The van der Waals surface area contributed by atoms with Crippen LogP contribution in [0.15, 0.2) is 30.3 Å². The average molecular weight is 245 g/mol. The predicted octanol–water partition coefficient (Wildman–Crippen LogP) is 2.32. The van der Waals surface area contributed by atoms with E-state index in [-0.39, 0.29) is 11.5 Å². The third-order valence-electron chi connectivity index (χ3n) is 3.26. The van der Waals surface area contributed by atoms with Gasteiger partial charge < -0.3 is 10.0 Å². The predicted molar refractivity (Wildman–Crippen MR) is 72.4 cm³/mol. The number of carbonyl (C=O) groups is 1. The molecule has 1 aromatic rings. The Kier molecular flexibility index (Phi) is 3.82. The second-order valence-corrected chi connectivity index (χ2v) is 5.11. The van der Waals surface area contributed by atoms with Crippen LogP contribution in [0.5, 0.6) is 5.75 Å². The molecule has 0 spiro atoms. The third-order valence-corrected chi connectivity index (χ3v) is 3.26. The second-order valence-electron chi connectivity index (χ2n) is 5.11. The Morgan fingerprint density at radius 1 is 1.39 bits per heavy atom. The van der Waals surface area contributed by atoms with E-state index in [0.29, 0.717) is 12.3 Å². The lowest BCUT2D eigenvalue weighted by molar-refractivity contribution is -0.115. The molecule has 2 rings (SSSR count). The molecule has 0 radical (unpaired) electrons. The summed E-state index contributed by atoms with van der Waals surface area (Å²) in [6.45, 7) is 0.925. The number of hydrogen-bond acceptors (Lipinski definition) is 3. The maximum absolute atomic E-state index is 11.6. The van der Waals surface area contributed by atoms with Crippen LogP contribution >= 0.6 is 0 Å². The maximum atomic E-state index is 11.6. The lowest BCUT2D eigenvalue weighted by atomic mass is 9.83. The van der Waals surface area contributed by atoms with Gasteiger partial charge >= 0.3 is 0 Å². The third kappa shape index (κ3) is 2.99. The number of nitrogens with zero attached hydrogens (tertiary/aromatic N) is 1. The fraction of sp³-hybridized carbons (Fsp3) is 0.400. The molecule has 0 saturated heterocycles. The lowest BCUT2D eigenvalue weighted by Crippen LogP contribution is -2.25. The van der Waals surface area contributed by atoms with Gasteiger partial charge in [-0.15, -0.1) is 0 Å². The molecule has 3 nitrogen and oxygen atoms in total. The van der Waals surface area contributed by atoms with Crippen molar-refractivity contribution in [3.05, 3.63) is 35.9 Å². The molecule has 96 valence electrons. The van der Waals surface area contributed by atoms with Crippen LogP contribution in [0.1, 0.15) is 18.4 Å². The van der Waals surface area contributed by atoms with Gasteiger partial charge in [-0.1, -0.05) is 12.1 Å². The molecule has 3 heteroatoms. The van der Waals surface area contributed by atoms with Crippen LogP contribution in [0.3, 0.4) is 0 Å². The van der Waals surface area contributed by atoms with Gasteiger partial charge in [0.25, 0.3) is 0 Å². The Bertz CT molecular complexity index is 477. The Hall–Kier alpha value is -1.61. The number of phenolic OH excluding ortho intramolecular Hbond substituents is 1. The zero-order chi connectivity index (χ0) is 13.1. The van der Waals surface area contributed by atoms with Crippen LogP contribution in [0, 0.1) is 5.92 Å². The van der Waals surface area contributed by atoms with Gasteiger partial charge in [0.1, 0.15) is 5.75 Å². The minimum absolute atomic E-state index is 0.184. The molecule has 0 aliphatic heterocycles. The van der Waals surface area contributed by atoms with E-state index in [1.54, 1.807) is 18.2 Å². The summed E-state index contributed by atoms with van der Waals surface area (Å²) in [5.41, 5.74) is 2.01. The highest BCUT2D eigenvalue weighted by Gasteiger charge is 2.23. The van der Waals surface area contributed by atoms with E-state index in [1.807, 2.05) is 26.2 Å². The average Bonchev–Trinajstić information content (AvgIpc) is 2.31. The van der Waals surface area contributed by atoms with Crippen molar-refractivity contribution in [2.45, 2.75) is 12.8 Å². The van der Waals surface area contributed by atoms with Crippen molar-refractivity contribution >= 4 is 11.4 Å². The Morgan fingerprint density at radius 3 is 2.83 bits per heavy atom. The molecule has 0 saturated carbocycles. The van der Waals surface area contributed by atoms with Crippen molar-refractivity contribution in [3.8, 4) is 5.75 Å². The van der Waals surface area contributed by atoms with Gasteiger partial charge in [0.15, 0.2) is 5.78 Å². The standard InChI is InChI=1S/C15H19NO2/c1-16(2)10-12-6-7-14(18)9-15(12)11-4-3-5-13(17)8-11/h3-5,8-9,12,17H,6-7,10H2,1-2H3. The Morgan fingerprint density at radius 2 is 2.17 bits per heavy atom. The molecular weight excluding hydrogens is 226 g/mol. The van der Waals surface area contributed by atoms with Crippen molar-refractivity contribution in [1.29, 1.82) is 0 Å². The Balaban J connectivity index is 2.33. The number of ketones is 1. The van der Waals surface area contributed by atoms with Crippen LogP contribution in [-0.4, -0.2) is 36.4 Å². The first-order valence-corrected chi connectivity index (χ1v) is 6.25. The van der Waals surface area contributed by atoms with Crippen molar-refractivity contribution < 1.29 is 9.90 Å². The van der Waals surface area contributed by atoms with E-state index in [2.05, 4.69) is 4.90 Å². The zero-order valence-electron chi connectivity index (χ0n) is 10.9. The maximum Gasteiger partial charge on any atom is 0.156 e. The van der Waals surface area contributed by atoms with Gasteiger partial charge in [0, 0.05) is 13.0 Å². The highest BCUT2D eigenvalue weighted by atomic mass is 16.3. The van der Waals surface area contributed by atoms with Gasteiger partial charge in [0.2, 0.25) is 0 Å². The number of allylic oxidation sites excluding steroid dienone is 1. The van der Waals surface area contributed by atoms with Crippen molar-refractivity contribution in [2.75, 3.05) is 20.6 Å². The Labute approximate surface area is 108 Å². The van der Waals surface area contributed by atoms with Crippen LogP contribution < -0.4 is 0 Å². The van der Waals surface area contributed by atoms with Crippen molar-refractivity contribution in [2.24, 2.45) is 5.92 Å². The molecule has 0 amide bonds. The number of hydrogen-bond donors (Lipinski definition) is 1. The molecule has 0 bridgehead atoms. The van der Waals surface area contributed by atoms with E-state index in [4.69, 9.17) is 0 Å². The summed E-state index contributed by atoms with van der Waals surface area (Å²) in [6, 6.07) is 7.15. The highest BCUT2D eigenvalue weighted by Crippen LogP contribution is 2.32. The summed E-state index contributed by atoms with van der Waals surface area (Å²) >= 11 is 0. The normalized spacial score (nSPS) is 20.1. The monoisotopic (exact) mass is 245 g/mol. The van der Waals surface area contributed by atoms with E-state index in [1.165, 1.54) is 0 Å². The topological polar surface area (TPSA) is 40.5 Å².